The lowest BCUT2D eigenvalue weighted by atomic mass is 9.79. The number of hydrogen-bond acceptors (Lipinski definition) is 4. The van der Waals surface area contributed by atoms with Crippen LogP contribution in [0.4, 0.5) is 4.39 Å². The van der Waals surface area contributed by atoms with E-state index < -0.39 is 31.4 Å². The molecule has 1 amide bonds. The molecule has 0 aliphatic rings. The van der Waals surface area contributed by atoms with Crippen LogP contribution in [0.15, 0.2) is 18.2 Å². The third kappa shape index (κ3) is 3.54. The summed E-state index contributed by atoms with van der Waals surface area (Å²) in [6, 6.07) is 3.00. The molecule has 0 spiro atoms. The quantitative estimate of drug-likeness (QED) is 0.471. The van der Waals surface area contributed by atoms with E-state index in [1.54, 1.807) is 0 Å². The number of amides is 1. The Hall–Kier alpha value is -1.93. The number of rotatable bonds is 4. The van der Waals surface area contributed by atoms with E-state index >= 15 is 0 Å². The van der Waals surface area contributed by atoms with Crippen molar-refractivity contribution in [1.82, 2.24) is 5.32 Å². The fourth-order valence-corrected chi connectivity index (χ4v) is 1.14. The molecule has 8 heteroatoms. The molecule has 0 aromatic heterocycles. The van der Waals surface area contributed by atoms with Gasteiger partial charge in [-0.05, 0) is 12.1 Å². The second-order valence-corrected chi connectivity index (χ2v) is 3.19. The smallest absolute Gasteiger partial charge is 0.480 e. The van der Waals surface area contributed by atoms with Crippen LogP contribution in [0.1, 0.15) is 10.4 Å². The fraction of sp³-hybridized carbons (Fsp3) is 0.111. The Balaban J connectivity index is 2.83. The minimum Gasteiger partial charge on any atom is -0.480 e. The zero-order valence-electron chi connectivity index (χ0n) is 8.55. The van der Waals surface area contributed by atoms with Crippen molar-refractivity contribution < 1.29 is 29.1 Å². The predicted molar refractivity (Wildman–Crippen MR) is 56.2 cm³/mol. The van der Waals surface area contributed by atoms with Crippen LogP contribution in [0.25, 0.3) is 0 Å². The molecule has 1 aromatic carbocycles. The van der Waals surface area contributed by atoms with Crippen LogP contribution in [0, 0.1) is 5.82 Å². The molecule has 0 heterocycles. The number of carbonyl (C=O) groups excluding carboxylic acids is 1. The first kappa shape index (κ1) is 13.1. The van der Waals surface area contributed by atoms with Crippen molar-refractivity contribution in [3.8, 4) is 0 Å². The van der Waals surface area contributed by atoms with Gasteiger partial charge in [-0.15, -0.1) is 0 Å². The summed E-state index contributed by atoms with van der Waals surface area (Å²) in [5.74, 6) is -2.94. The summed E-state index contributed by atoms with van der Waals surface area (Å²) < 4.78 is 13.2. The molecule has 0 bridgehead atoms. The van der Waals surface area contributed by atoms with Crippen LogP contribution >= 0.6 is 0 Å². The minimum atomic E-state index is -1.97. The third-order valence-electron chi connectivity index (χ3n) is 1.94. The van der Waals surface area contributed by atoms with Gasteiger partial charge >= 0.3 is 13.1 Å². The van der Waals surface area contributed by atoms with Crippen LogP contribution in [0.2, 0.25) is 0 Å². The van der Waals surface area contributed by atoms with Crippen molar-refractivity contribution in [1.29, 1.82) is 0 Å². The molecule has 0 aliphatic carbocycles. The van der Waals surface area contributed by atoms with Crippen molar-refractivity contribution in [2.45, 2.75) is 0 Å². The van der Waals surface area contributed by atoms with Crippen LogP contribution in [0.5, 0.6) is 0 Å². The molecule has 1 aromatic rings. The second kappa shape index (κ2) is 5.42. The first-order chi connectivity index (χ1) is 7.91. The number of carboxylic acid groups (broad SMARTS) is 1. The summed E-state index contributed by atoms with van der Waals surface area (Å²) in [5, 5.41) is 27.9. The van der Waals surface area contributed by atoms with Gasteiger partial charge in [0.25, 0.3) is 5.91 Å². The number of carboxylic acids is 1. The monoisotopic (exact) mass is 241 g/mol. The summed E-state index contributed by atoms with van der Waals surface area (Å²) in [7, 11) is -1.97. The van der Waals surface area contributed by atoms with E-state index in [0.29, 0.717) is 0 Å². The first-order valence-corrected chi connectivity index (χ1v) is 4.57. The Kier molecular flexibility index (Phi) is 4.19. The molecule has 0 aliphatic heterocycles. The van der Waals surface area contributed by atoms with Crippen LogP contribution in [-0.2, 0) is 4.79 Å². The van der Waals surface area contributed by atoms with Gasteiger partial charge in [0.05, 0.1) is 0 Å². The normalized spacial score (nSPS) is 9.82. The van der Waals surface area contributed by atoms with Crippen molar-refractivity contribution in [3.05, 3.63) is 29.6 Å². The molecule has 0 atom stereocenters. The first-order valence-electron chi connectivity index (χ1n) is 4.57. The Labute approximate surface area is 95.8 Å². The largest absolute Gasteiger partial charge is 0.491 e. The van der Waals surface area contributed by atoms with E-state index in [2.05, 4.69) is 0 Å². The molecule has 90 valence electrons. The van der Waals surface area contributed by atoms with Crippen molar-refractivity contribution in [3.63, 3.8) is 0 Å². The molecule has 4 N–H and O–H groups in total. The Morgan fingerprint density at radius 1 is 1.35 bits per heavy atom. The summed E-state index contributed by atoms with van der Waals surface area (Å²) in [4.78, 5) is 21.5. The van der Waals surface area contributed by atoms with Gasteiger partial charge in [-0.2, -0.15) is 0 Å². The number of halogens is 1. The van der Waals surface area contributed by atoms with Crippen LogP contribution < -0.4 is 10.8 Å². The van der Waals surface area contributed by atoms with E-state index in [9.17, 15) is 14.0 Å². The Bertz CT molecular complexity index is 451. The van der Waals surface area contributed by atoms with E-state index in [4.69, 9.17) is 15.2 Å². The van der Waals surface area contributed by atoms with Crippen molar-refractivity contribution >= 4 is 24.5 Å². The average molecular weight is 241 g/mol. The summed E-state index contributed by atoms with van der Waals surface area (Å²) in [6.07, 6.45) is 0. The van der Waals surface area contributed by atoms with E-state index in [-0.39, 0.29) is 11.0 Å². The van der Waals surface area contributed by atoms with E-state index in [1.807, 2.05) is 5.32 Å². The van der Waals surface area contributed by atoms with Crippen LogP contribution in [0.3, 0.4) is 0 Å². The van der Waals surface area contributed by atoms with Gasteiger partial charge in [0.1, 0.15) is 12.4 Å². The molecule has 6 nitrogen and oxygen atoms in total. The van der Waals surface area contributed by atoms with Gasteiger partial charge in [-0.1, -0.05) is 6.07 Å². The maximum atomic E-state index is 13.2. The average Bonchev–Trinajstić information content (AvgIpc) is 2.25. The van der Waals surface area contributed by atoms with Gasteiger partial charge in [0, 0.05) is 11.0 Å². The zero-order valence-corrected chi connectivity index (χ0v) is 8.55. The standard InChI is InChI=1S/C9H9BFNO5/c11-7-3-5(1-2-6(7)10(16)17)9(15)12-4-8(13)14/h1-3,16-17H,4H2,(H,12,15)(H,13,14). The number of nitrogens with one attached hydrogen (secondary N) is 1. The highest BCUT2D eigenvalue weighted by Gasteiger charge is 2.18. The molecule has 0 saturated heterocycles. The number of benzene rings is 1. The van der Waals surface area contributed by atoms with E-state index in [0.717, 1.165) is 18.2 Å². The minimum absolute atomic E-state index is 0.104. The lowest BCUT2D eigenvalue weighted by Crippen LogP contribution is -2.34. The summed E-state index contributed by atoms with van der Waals surface area (Å²) in [6.45, 7) is -0.579. The topological polar surface area (TPSA) is 107 Å². The van der Waals surface area contributed by atoms with Crippen LogP contribution in [-0.4, -0.2) is 40.7 Å². The highest BCUT2D eigenvalue weighted by Crippen LogP contribution is 2.02. The highest BCUT2D eigenvalue weighted by molar-refractivity contribution is 6.58. The molecule has 1 rings (SSSR count). The van der Waals surface area contributed by atoms with Gasteiger partial charge in [-0.25, -0.2) is 4.39 Å². The summed E-state index contributed by atoms with van der Waals surface area (Å²) in [5.41, 5.74) is -0.465. The van der Waals surface area contributed by atoms with Gasteiger partial charge in [0.15, 0.2) is 0 Å². The van der Waals surface area contributed by atoms with Gasteiger partial charge < -0.3 is 20.5 Å². The second-order valence-electron chi connectivity index (χ2n) is 3.19. The number of hydrogen-bond donors (Lipinski definition) is 4. The third-order valence-corrected chi connectivity index (χ3v) is 1.94. The molecule has 0 radical (unpaired) electrons. The lowest BCUT2D eigenvalue weighted by Gasteiger charge is -2.05. The Morgan fingerprint density at radius 2 is 2.00 bits per heavy atom. The summed E-state index contributed by atoms with van der Waals surface area (Å²) >= 11 is 0. The lowest BCUT2D eigenvalue weighted by molar-refractivity contribution is -0.135. The predicted octanol–water partition coefficient (Wildman–Crippen LogP) is -1.68. The molecule has 0 unspecified atom stereocenters. The molecule has 0 saturated carbocycles. The van der Waals surface area contributed by atoms with Gasteiger partial charge in [-0.3, -0.25) is 9.59 Å². The fourth-order valence-electron chi connectivity index (χ4n) is 1.14. The number of aliphatic carboxylic acids is 1. The number of carbonyl (C=O) groups is 2. The molecular formula is C9H9BFNO5. The SMILES string of the molecule is O=C(O)CNC(=O)c1ccc(B(O)O)c(F)c1. The Morgan fingerprint density at radius 3 is 2.47 bits per heavy atom. The van der Waals surface area contributed by atoms with E-state index in [1.165, 1.54) is 0 Å². The van der Waals surface area contributed by atoms with Gasteiger partial charge in [0.2, 0.25) is 0 Å². The molecular weight excluding hydrogens is 232 g/mol. The zero-order chi connectivity index (χ0) is 13.0. The highest BCUT2D eigenvalue weighted by atomic mass is 19.1. The molecule has 17 heavy (non-hydrogen) atoms. The van der Waals surface area contributed by atoms with Crippen molar-refractivity contribution in [2.75, 3.05) is 6.54 Å². The molecule has 0 fully saturated rings. The maximum absolute atomic E-state index is 13.2. The van der Waals surface area contributed by atoms with Crippen molar-refractivity contribution in [2.24, 2.45) is 0 Å². The maximum Gasteiger partial charge on any atom is 0.491 e.